The Kier molecular flexibility index (Phi) is 2.53. The maximum absolute atomic E-state index is 11.0. The average molecular weight is 207 g/mol. The molecule has 15 heavy (non-hydrogen) atoms. The molecule has 2 rings (SSSR count). The molecule has 1 atom stereocenters. The summed E-state index contributed by atoms with van der Waals surface area (Å²) in [5.41, 5.74) is 0.826. The Labute approximate surface area is 87.6 Å². The van der Waals surface area contributed by atoms with Gasteiger partial charge < -0.3 is 10.4 Å². The minimum Gasteiger partial charge on any atom is -0.480 e. The lowest BCUT2D eigenvalue weighted by Crippen LogP contribution is -2.31. The molecule has 0 spiro atoms. The minimum absolute atomic E-state index is 0.248. The summed E-state index contributed by atoms with van der Waals surface area (Å²) < 4.78 is 0. The molecule has 5 nitrogen and oxygen atoms in total. The maximum atomic E-state index is 11.0. The zero-order valence-electron chi connectivity index (χ0n) is 8.47. The first-order valence-electron chi connectivity index (χ1n) is 4.95. The fourth-order valence-corrected chi connectivity index (χ4v) is 1.50. The van der Waals surface area contributed by atoms with E-state index in [2.05, 4.69) is 15.3 Å². The van der Waals surface area contributed by atoms with E-state index in [-0.39, 0.29) is 5.92 Å². The second-order valence-electron chi connectivity index (χ2n) is 3.84. The Bertz CT molecular complexity index is 377. The third kappa shape index (κ3) is 2.43. The minimum atomic E-state index is -0.811. The van der Waals surface area contributed by atoms with Gasteiger partial charge in [-0.05, 0) is 25.7 Å². The van der Waals surface area contributed by atoms with Gasteiger partial charge in [0.25, 0.3) is 0 Å². The number of carboxylic acid groups (broad SMARTS) is 1. The third-order valence-electron chi connectivity index (χ3n) is 2.47. The van der Waals surface area contributed by atoms with Gasteiger partial charge in [-0.15, -0.1) is 0 Å². The summed E-state index contributed by atoms with van der Waals surface area (Å²) in [6.07, 6.45) is 3.39. The van der Waals surface area contributed by atoms with Crippen LogP contribution in [0.25, 0.3) is 0 Å². The Hall–Kier alpha value is -1.65. The van der Waals surface area contributed by atoms with Crippen molar-refractivity contribution in [1.82, 2.24) is 9.97 Å². The van der Waals surface area contributed by atoms with Gasteiger partial charge in [-0.2, -0.15) is 0 Å². The van der Waals surface area contributed by atoms with Crippen molar-refractivity contribution in [3.8, 4) is 0 Å². The number of aromatic nitrogens is 2. The van der Waals surface area contributed by atoms with Gasteiger partial charge in [-0.3, -0.25) is 0 Å². The highest BCUT2D eigenvalue weighted by Crippen LogP contribution is 2.34. The van der Waals surface area contributed by atoms with E-state index in [1.165, 1.54) is 6.33 Å². The van der Waals surface area contributed by atoms with Crippen LogP contribution in [-0.2, 0) is 4.79 Å². The summed E-state index contributed by atoms with van der Waals surface area (Å²) in [4.78, 5) is 18.9. The van der Waals surface area contributed by atoms with Crippen LogP contribution in [-0.4, -0.2) is 27.1 Å². The predicted octanol–water partition coefficient (Wildman–Crippen LogP) is 1.06. The number of rotatable bonds is 4. The summed E-state index contributed by atoms with van der Waals surface area (Å²) in [6.45, 7) is 1.85. The predicted molar refractivity (Wildman–Crippen MR) is 54.5 cm³/mol. The van der Waals surface area contributed by atoms with Crippen molar-refractivity contribution < 1.29 is 9.90 Å². The van der Waals surface area contributed by atoms with E-state index < -0.39 is 12.0 Å². The average Bonchev–Trinajstić information content (AvgIpc) is 2.97. The summed E-state index contributed by atoms with van der Waals surface area (Å²) in [5, 5.41) is 11.9. The van der Waals surface area contributed by atoms with E-state index >= 15 is 0 Å². The number of hydrogen-bond acceptors (Lipinski definition) is 4. The lowest BCUT2D eigenvalue weighted by molar-refractivity contribution is -0.138. The molecule has 1 heterocycles. The molecular weight excluding hydrogens is 194 g/mol. The van der Waals surface area contributed by atoms with Gasteiger partial charge >= 0.3 is 5.97 Å². The van der Waals surface area contributed by atoms with Crippen molar-refractivity contribution in [3.05, 3.63) is 18.1 Å². The maximum Gasteiger partial charge on any atom is 0.326 e. The number of hydrogen-bond donors (Lipinski definition) is 2. The normalized spacial score (nSPS) is 17.1. The second kappa shape index (κ2) is 3.84. The Morgan fingerprint density at radius 3 is 2.87 bits per heavy atom. The molecule has 0 amide bonds. The fourth-order valence-electron chi connectivity index (χ4n) is 1.50. The molecule has 2 N–H and O–H groups in total. The first-order chi connectivity index (χ1) is 7.16. The van der Waals surface area contributed by atoms with Crippen LogP contribution < -0.4 is 5.32 Å². The number of aryl methyl sites for hydroxylation is 1. The monoisotopic (exact) mass is 207 g/mol. The number of carbonyl (C=O) groups is 1. The quantitative estimate of drug-likeness (QED) is 0.772. The first kappa shape index (κ1) is 9.89. The van der Waals surface area contributed by atoms with Gasteiger partial charge in [0, 0.05) is 11.8 Å². The highest BCUT2D eigenvalue weighted by Gasteiger charge is 2.36. The van der Waals surface area contributed by atoms with Crippen molar-refractivity contribution in [2.45, 2.75) is 25.8 Å². The SMILES string of the molecule is Cc1cc(NC(C(=O)O)C2CC2)ncn1. The molecule has 1 saturated carbocycles. The molecule has 1 aliphatic carbocycles. The van der Waals surface area contributed by atoms with E-state index in [0.717, 1.165) is 18.5 Å². The zero-order chi connectivity index (χ0) is 10.8. The van der Waals surface area contributed by atoms with Crippen LogP contribution in [0.2, 0.25) is 0 Å². The van der Waals surface area contributed by atoms with Crippen LogP contribution in [0.3, 0.4) is 0 Å². The number of anilines is 1. The van der Waals surface area contributed by atoms with E-state index in [1.54, 1.807) is 6.07 Å². The number of nitrogens with zero attached hydrogens (tertiary/aromatic N) is 2. The second-order valence-corrected chi connectivity index (χ2v) is 3.84. The van der Waals surface area contributed by atoms with Crippen molar-refractivity contribution in [3.63, 3.8) is 0 Å². The highest BCUT2D eigenvalue weighted by atomic mass is 16.4. The van der Waals surface area contributed by atoms with Crippen LogP contribution in [0.1, 0.15) is 18.5 Å². The molecule has 80 valence electrons. The van der Waals surface area contributed by atoms with Gasteiger partial charge in [0.05, 0.1) is 0 Å². The lowest BCUT2D eigenvalue weighted by Gasteiger charge is -2.13. The topological polar surface area (TPSA) is 75.1 Å². The first-order valence-corrected chi connectivity index (χ1v) is 4.95. The molecule has 1 aromatic heterocycles. The molecule has 1 unspecified atom stereocenters. The highest BCUT2D eigenvalue weighted by molar-refractivity contribution is 5.77. The molecule has 0 bridgehead atoms. The molecule has 1 aromatic rings. The van der Waals surface area contributed by atoms with Crippen molar-refractivity contribution in [1.29, 1.82) is 0 Å². The van der Waals surface area contributed by atoms with Crippen LogP contribution in [0.5, 0.6) is 0 Å². The van der Waals surface area contributed by atoms with E-state index in [0.29, 0.717) is 5.82 Å². The number of aliphatic carboxylic acids is 1. The largest absolute Gasteiger partial charge is 0.480 e. The summed E-state index contributed by atoms with van der Waals surface area (Å²) in [6, 6.07) is 1.23. The Morgan fingerprint density at radius 2 is 2.33 bits per heavy atom. The van der Waals surface area contributed by atoms with Crippen LogP contribution in [0, 0.1) is 12.8 Å². The number of nitrogens with one attached hydrogen (secondary N) is 1. The van der Waals surface area contributed by atoms with E-state index in [1.807, 2.05) is 6.92 Å². The van der Waals surface area contributed by atoms with Gasteiger partial charge in [-0.25, -0.2) is 14.8 Å². The summed E-state index contributed by atoms with van der Waals surface area (Å²) >= 11 is 0. The van der Waals surface area contributed by atoms with Gasteiger partial charge in [-0.1, -0.05) is 0 Å². The van der Waals surface area contributed by atoms with E-state index in [4.69, 9.17) is 5.11 Å². The van der Waals surface area contributed by atoms with E-state index in [9.17, 15) is 4.79 Å². The van der Waals surface area contributed by atoms with Gasteiger partial charge in [0.1, 0.15) is 18.2 Å². The van der Waals surface area contributed by atoms with Gasteiger partial charge in [0.15, 0.2) is 0 Å². The number of carboxylic acids is 1. The van der Waals surface area contributed by atoms with Gasteiger partial charge in [0.2, 0.25) is 0 Å². The summed E-state index contributed by atoms with van der Waals surface area (Å²) in [7, 11) is 0. The molecule has 0 saturated heterocycles. The van der Waals surface area contributed by atoms with Crippen LogP contribution >= 0.6 is 0 Å². The van der Waals surface area contributed by atoms with Crippen LogP contribution in [0.15, 0.2) is 12.4 Å². The zero-order valence-corrected chi connectivity index (χ0v) is 8.47. The standard InChI is InChI=1S/C10H13N3O2/c1-6-4-8(12-5-11-6)13-9(10(14)15)7-2-3-7/h4-5,7,9H,2-3H2,1H3,(H,14,15)(H,11,12,13). The Morgan fingerprint density at radius 1 is 1.60 bits per heavy atom. The molecular formula is C10H13N3O2. The lowest BCUT2D eigenvalue weighted by atomic mass is 10.2. The van der Waals surface area contributed by atoms with Crippen LogP contribution in [0.4, 0.5) is 5.82 Å². The van der Waals surface area contributed by atoms with Crippen molar-refractivity contribution >= 4 is 11.8 Å². The smallest absolute Gasteiger partial charge is 0.326 e. The van der Waals surface area contributed by atoms with Crippen molar-refractivity contribution in [2.24, 2.45) is 5.92 Å². The molecule has 0 aliphatic heterocycles. The summed E-state index contributed by atoms with van der Waals surface area (Å²) in [5.74, 6) is 0.0216. The molecule has 0 radical (unpaired) electrons. The Balaban J connectivity index is 2.08. The fraction of sp³-hybridized carbons (Fsp3) is 0.500. The molecule has 1 aliphatic rings. The molecule has 1 fully saturated rings. The third-order valence-corrected chi connectivity index (χ3v) is 2.47. The van der Waals surface area contributed by atoms with Crippen molar-refractivity contribution in [2.75, 3.05) is 5.32 Å². The molecule has 5 heteroatoms. The molecule has 0 aromatic carbocycles.